The molecule has 29 heavy (non-hydrogen) atoms. The van der Waals surface area contributed by atoms with E-state index in [2.05, 4.69) is 10.3 Å². The minimum absolute atomic E-state index is 0.263. The van der Waals surface area contributed by atoms with Gasteiger partial charge >= 0.3 is 5.97 Å². The minimum Gasteiger partial charge on any atom is -0.478 e. The number of carbonyl (C=O) groups is 1. The smallest absolute Gasteiger partial charge is 0.336 e. The normalized spacial score (nSPS) is 11.9. The first kappa shape index (κ1) is 18.7. The molecule has 2 aliphatic rings. The highest BCUT2D eigenvalue weighted by molar-refractivity contribution is 6.07. The zero-order chi connectivity index (χ0) is 20.4. The summed E-state index contributed by atoms with van der Waals surface area (Å²) < 4.78 is 6.24. The highest BCUT2D eigenvalue weighted by Crippen LogP contribution is 2.41. The maximum atomic E-state index is 11.9. The van der Waals surface area contributed by atoms with Gasteiger partial charge in [-0.25, -0.2) is 4.79 Å². The van der Waals surface area contributed by atoms with Crippen LogP contribution in [-0.4, -0.2) is 24.2 Å². The van der Waals surface area contributed by atoms with Gasteiger partial charge in [0.2, 0.25) is 0 Å². The van der Waals surface area contributed by atoms with Crippen molar-refractivity contribution in [2.24, 2.45) is 4.99 Å². The molecule has 0 aromatic heterocycles. The van der Waals surface area contributed by atoms with Crippen LogP contribution in [0.2, 0.25) is 0 Å². The quantitative estimate of drug-likeness (QED) is 0.459. The summed E-state index contributed by atoms with van der Waals surface area (Å²) in [5, 5.41) is 14.8. The first-order chi connectivity index (χ1) is 14.1. The third-order valence-electron chi connectivity index (χ3n) is 4.85. The molecule has 146 valence electrons. The summed E-state index contributed by atoms with van der Waals surface area (Å²) in [5.41, 5.74) is 4.29. The van der Waals surface area contributed by atoms with E-state index in [-0.39, 0.29) is 5.56 Å². The molecule has 0 radical (unpaired) electrons. The predicted molar refractivity (Wildman–Crippen MR) is 115 cm³/mol. The van der Waals surface area contributed by atoms with E-state index in [4.69, 9.17) is 4.42 Å². The minimum atomic E-state index is -0.954. The maximum Gasteiger partial charge on any atom is 0.336 e. The van der Waals surface area contributed by atoms with Crippen LogP contribution in [0.25, 0.3) is 33.4 Å². The van der Waals surface area contributed by atoms with Crippen molar-refractivity contribution >= 4 is 22.6 Å². The topological polar surface area (TPSA) is 74.8 Å². The van der Waals surface area contributed by atoms with Crippen molar-refractivity contribution in [2.45, 2.75) is 13.8 Å². The van der Waals surface area contributed by atoms with Crippen molar-refractivity contribution in [3.05, 3.63) is 71.6 Å². The number of nitrogens with zero attached hydrogens (tertiary/aromatic N) is 1. The Morgan fingerprint density at radius 1 is 1.03 bits per heavy atom. The third-order valence-corrected chi connectivity index (χ3v) is 4.85. The summed E-state index contributed by atoms with van der Waals surface area (Å²) >= 11 is 0. The fourth-order valence-corrected chi connectivity index (χ4v) is 3.65. The Labute approximate surface area is 168 Å². The largest absolute Gasteiger partial charge is 0.478 e. The Morgan fingerprint density at radius 2 is 1.86 bits per heavy atom. The molecular formula is C24H22N2O3. The van der Waals surface area contributed by atoms with Crippen molar-refractivity contribution in [1.29, 1.82) is 0 Å². The summed E-state index contributed by atoms with van der Waals surface area (Å²) in [7, 11) is 0. The second-order valence-corrected chi connectivity index (χ2v) is 6.72. The molecule has 0 amide bonds. The molecular weight excluding hydrogens is 364 g/mol. The standard InChI is InChI=1S/C24H22N2O3/c1-3-25-15-9-11-19-21(13-15)29-22-14-16(26-4-2)10-12-20(22)23(19)17-7-5-6-8-18(17)24(27)28/h5-14,25H,3-4H2,1-2H3,(H,27,28)/b26-16+. The van der Waals surface area contributed by atoms with Crippen LogP contribution in [0.15, 0.2) is 70.1 Å². The average Bonchev–Trinajstić information content (AvgIpc) is 2.72. The number of carboxylic acids is 1. The highest BCUT2D eigenvalue weighted by Gasteiger charge is 2.21. The van der Waals surface area contributed by atoms with Crippen LogP contribution in [0.5, 0.6) is 0 Å². The van der Waals surface area contributed by atoms with Gasteiger partial charge in [-0.15, -0.1) is 0 Å². The van der Waals surface area contributed by atoms with Gasteiger partial charge in [-0.2, -0.15) is 0 Å². The number of nitrogens with one attached hydrogen (secondary N) is 1. The van der Waals surface area contributed by atoms with Crippen molar-refractivity contribution < 1.29 is 14.3 Å². The van der Waals surface area contributed by atoms with Crippen LogP contribution in [0, 0.1) is 0 Å². The van der Waals surface area contributed by atoms with Gasteiger partial charge in [0.25, 0.3) is 0 Å². The molecule has 2 N–H and O–H groups in total. The first-order valence-corrected chi connectivity index (χ1v) is 9.70. The van der Waals surface area contributed by atoms with Crippen LogP contribution in [0.1, 0.15) is 24.2 Å². The summed E-state index contributed by atoms with van der Waals surface area (Å²) in [4.78, 5) is 16.4. The summed E-state index contributed by atoms with van der Waals surface area (Å²) in [6, 6.07) is 18.8. The molecule has 1 aliphatic carbocycles. The number of carboxylic acid groups (broad SMARTS) is 1. The number of benzene rings is 3. The Balaban J connectivity index is 2.13. The molecule has 1 aliphatic heterocycles. The molecule has 0 spiro atoms. The van der Waals surface area contributed by atoms with Gasteiger partial charge in [-0.3, -0.25) is 4.99 Å². The molecule has 2 aromatic carbocycles. The molecule has 0 saturated heterocycles. The van der Waals surface area contributed by atoms with Gasteiger partial charge < -0.3 is 14.8 Å². The Morgan fingerprint density at radius 3 is 2.62 bits per heavy atom. The first-order valence-electron chi connectivity index (χ1n) is 9.70. The molecule has 0 bridgehead atoms. The van der Waals surface area contributed by atoms with Gasteiger partial charge in [0.1, 0.15) is 11.3 Å². The van der Waals surface area contributed by atoms with Crippen molar-refractivity contribution in [3.63, 3.8) is 0 Å². The van der Waals surface area contributed by atoms with Crippen LogP contribution in [0.3, 0.4) is 0 Å². The number of rotatable bonds is 5. The van der Waals surface area contributed by atoms with Crippen molar-refractivity contribution in [1.82, 2.24) is 0 Å². The van der Waals surface area contributed by atoms with Gasteiger partial charge in [-0.1, -0.05) is 18.2 Å². The van der Waals surface area contributed by atoms with Crippen LogP contribution >= 0.6 is 0 Å². The van der Waals surface area contributed by atoms with Gasteiger partial charge in [-0.05, 0) is 49.7 Å². The molecule has 0 fully saturated rings. The summed E-state index contributed by atoms with van der Waals surface area (Å²) in [6.07, 6.45) is 0. The van der Waals surface area contributed by atoms with E-state index < -0.39 is 5.97 Å². The molecule has 1 heterocycles. The van der Waals surface area contributed by atoms with E-state index in [1.165, 1.54) is 0 Å². The zero-order valence-electron chi connectivity index (χ0n) is 16.4. The number of hydrogen-bond donors (Lipinski definition) is 2. The second-order valence-electron chi connectivity index (χ2n) is 6.72. The van der Waals surface area contributed by atoms with Crippen molar-refractivity contribution in [2.75, 3.05) is 18.4 Å². The third kappa shape index (κ3) is 3.47. The van der Waals surface area contributed by atoms with E-state index in [9.17, 15) is 9.90 Å². The monoisotopic (exact) mass is 386 g/mol. The van der Waals surface area contributed by atoms with Crippen LogP contribution < -0.4 is 10.7 Å². The molecule has 0 saturated carbocycles. The van der Waals surface area contributed by atoms with E-state index in [0.29, 0.717) is 23.5 Å². The fourth-order valence-electron chi connectivity index (χ4n) is 3.65. The lowest BCUT2D eigenvalue weighted by Crippen LogP contribution is -2.05. The molecule has 2 aromatic rings. The summed E-state index contributed by atoms with van der Waals surface area (Å²) in [6.45, 7) is 5.50. The van der Waals surface area contributed by atoms with Crippen molar-refractivity contribution in [3.8, 4) is 22.5 Å². The Hall–Kier alpha value is -3.60. The average molecular weight is 386 g/mol. The Kier molecular flexibility index (Phi) is 5.04. The van der Waals surface area contributed by atoms with E-state index in [1.807, 2.05) is 62.4 Å². The number of fused-ring (bicyclic) bond motifs is 2. The molecule has 0 unspecified atom stereocenters. The SMILES string of the molecule is CC/N=c1\ccc2c(-c3ccccc3C(=O)O)c3ccc(NCC)cc3oc-2c1. The zero-order valence-corrected chi connectivity index (χ0v) is 16.4. The molecule has 0 atom stereocenters. The number of hydrogen-bond acceptors (Lipinski definition) is 4. The Bertz CT molecular complexity index is 1240. The highest BCUT2D eigenvalue weighted by atomic mass is 16.4. The molecule has 5 nitrogen and oxygen atoms in total. The van der Waals surface area contributed by atoms with E-state index in [0.717, 1.165) is 34.1 Å². The lowest BCUT2D eigenvalue weighted by Gasteiger charge is -2.17. The second kappa shape index (κ2) is 7.80. The number of aromatic carboxylic acids is 1. The van der Waals surface area contributed by atoms with E-state index in [1.54, 1.807) is 12.1 Å². The van der Waals surface area contributed by atoms with Gasteiger partial charge in [0.15, 0.2) is 0 Å². The fraction of sp³-hybridized carbons (Fsp3) is 0.167. The van der Waals surface area contributed by atoms with Crippen LogP contribution in [-0.2, 0) is 0 Å². The van der Waals surface area contributed by atoms with Gasteiger partial charge in [0.05, 0.1) is 10.9 Å². The maximum absolute atomic E-state index is 11.9. The lowest BCUT2D eigenvalue weighted by molar-refractivity contribution is 0.0697. The summed E-state index contributed by atoms with van der Waals surface area (Å²) in [5.74, 6) is -0.277. The molecule has 4 rings (SSSR count). The predicted octanol–water partition coefficient (Wildman–Crippen LogP) is 5.26. The molecule has 5 heteroatoms. The number of anilines is 1. The van der Waals surface area contributed by atoms with Crippen LogP contribution in [0.4, 0.5) is 5.69 Å². The van der Waals surface area contributed by atoms with Gasteiger partial charge in [0, 0.05) is 47.4 Å². The van der Waals surface area contributed by atoms with E-state index >= 15 is 0 Å². The lowest BCUT2D eigenvalue weighted by atomic mass is 9.90.